The lowest BCUT2D eigenvalue weighted by Gasteiger charge is -2.22. The zero-order valence-corrected chi connectivity index (χ0v) is 19.1. The Bertz CT molecular complexity index is 1270. The lowest BCUT2D eigenvalue weighted by molar-refractivity contribution is -0.117. The van der Waals surface area contributed by atoms with Crippen molar-refractivity contribution in [3.8, 4) is 11.3 Å². The lowest BCUT2D eigenvalue weighted by Crippen LogP contribution is -2.38. The van der Waals surface area contributed by atoms with E-state index >= 15 is 0 Å². The van der Waals surface area contributed by atoms with Crippen molar-refractivity contribution in [2.75, 3.05) is 17.3 Å². The summed E-state index contributed by atoms with van der Waals surface area (Å²) in [4.78, 5) is 36.1. The number of aromatic nitrogens is 2. The maximum atomic E-state index is 12.7. The number of para-hydroxylation sites is 1. The number of likely N-dealkylation sites (N-methyl/N-ethyl adjacent to an activating group) is 1. The molecule has 0 saturated heterocycles. The van der Waals surface area contributed by atoms with E-state index in [9.17, 15) is 9.59 Å². The molecule has 2 saturated carbocycles. The van der Waals surface area contributed by atoms with Crippen LogP contribution in [0.15, 0.2) is 54.7 Å². The summed E-state index contributed by atoms with van der Waals surface area (Å²) in [5, 5.41) is 6.47. The van der Waals surface area contributed by atoms with Crippen LogP contribution in [0.5, 0.6) is 0 Å². The minimum atomic E-state index is -0.00391. The topological polar surface area (TPSA) is 87.2 Å². The third-order valence-electron chi connectivity index (χ3n) is 7.56. The van der Waals surface area contributed by atoms with Gasteiger partial charge in [0, 0.05) is 41.7 Å². The van der Waals surface area contributed by atoms with Crippen LogP contribution in [0.25, 0.3) is 11.3 Å². The van der Waals surface area contributed by atoms with E-state index in [1.807, 2.05) is 48.5 Å². The second-order valence-electron chi connectivity index (χ2n) is 9.67. The van der Waals surface area contributed by atoms with Crippen molar-refractivity contribution in [1.29, 1.82) is 0 Å². The van der Waals surface area contributed by atoms with Crippen molar-refractivity contribution in [1.82, 2.24) is 15.3 Å². The number of benzene rings is 2. The van der Waals surface area contributed by atoms with Crippen LogP contribution in [0, 0.1) is 11.8 Å². The lowest BCUT2D eigenvalue weighted by atomic mass is 9.95. The molecule has 1 aliphatic heterocycles. The van der Waals surface area contributed by atoms with Gasteiger partial charge < -0.3 is 15.5 Å². The van der Waals surface area contributed by atoms with Gasteiger partial charge in [-0.15, -0.1) is 0 Å². The van der Waals surface area contributed by atoms with Gasteiger partial charge in [-0.3, -0.25) is 9.59 Å². The van der Waals surface area contributed by atoms with Gasteiger partial charge in [0.1, 0.15) is 0 Å². The van der Waals surface area contributed by atoms with Crippen molar-refractivity contribution < 1.29 is 9.59 Å². The Hall–Kier alpha value is -3.74. The van der Waals surface area contributed by atoms with Crippen LogP contribution in [-0.4, -0.2) is 34.9 Å². The number of hydrogen-bond acceptors (Lipinski definition) is 5. The van der Waals surface area contributed by atoms with E-state index in [4.69, 9.17) is 4.98 Å². The number of nitrogens with one attached hydrogen (secondary N) is 2. The molecule has 7 nitrogen and oxygen atoms in total. The molecule has 3 aliphatic rings. The summed E-state index contributed by atoms with van der Waals surface area (Å²) in [6, 6.07) is 15.5. The van der Waals surface area contributed by atoms with Gasteiger partial charge >= 0.3 is 0 Å². The first-order valence-electron chi connectivity index (χ1n) is 11.9. The number of carbonyl (C=O) groups excluding carboxylic acids is 2. The van der Waals surface area contributed by atoms with Gasteiger partial charge in [-0.1, -0.05) is 24.6 Å². The molecule has 6 rings (SSSR count). The molecule has 3 atom stereocenters. The van der Waals surface area contributed by atoms with Crippen LogP contribution < -0.4 is 15.5 Å². The molecule has 2 aliphatic carbocycles. The molecule has 2 fully saturated rings. The van der Waals surface area contributed by atoms with Gasteiger partial charge in [-0.2, -0.15) is 0 Å². The number of hydrogen-bond donors (Lipinski definition) is 2. The highest BCUT2D eigenvalue weighted by Gasteiger charge is 2.40. The normalized spacial score (nSPS) is 22.7. The van der Waals surface area contributed by atoms with E-state index in [2.05, 4.69) is 15.6 Å². The molecule has 2 heterocycles. The molecular weight excluding hydrogens is 426 g/mol. The quantitative estimate of drug-likeness (QED) is 0.614. The minimum absolute atomic E-state index is 0.00391. The summed E-state index contributed by atoms with van der Waals surface area (Å²) in [6.07, 6.45) is 6.93. The largest absolute Gasteiger partial charge is 0.349 e. The first-order valence-corrected chi connectivity index (χ1v) is 11.9. The third kappa shape index (κ3) is 3.71. The molecular formula is C27H27N5O2. The number of anilines is 3. The third-order valence-corrected chi connectivity index (χ3v) is 7.56. The Balaban J connectivity index is 1.20. The first-order chi connectivity index (χ1) is 16.5. The molecule has 2 N–H and O–H groups in total. The average Bonchev–Trinajstić information content (AvgIpc) is 3.46. The summed E-state index contributed by atoms with van der Waals surface area (Å²) in [7, 11) is 1.79. The Morgan fingerprint density at radius 1 is 1.06 bits per heavy atom. The van der Waals surface area contributed by atoms with Crippen molar-refractivity contribution in [2.45, 2.75) is 38.1 Å². The SMILES string of the molecule is CN1C(=O)Cc2cnc(Nc3ccc(C(=O)N[C@@H]4C[C@H]5CC[C@H]4C5)cc3)nc2-c2ccccc21. The average molecular weight is 454 g/mol. The van der Waals surface area contributed by atoms with Gasteiger partial charge in [0.25, 0.3) is 5.91 Å². The van der Waals surface area contributed by atoms with Crippen LogP contribution in [0.1, 0.15) is 41.6 Å². The standard InChI is InChI=1S/C27H27N5O2/c1-32-23-5-3-2-4-21(23)25-19(14-24(32)33)15-28-27(31-25)29-20-10-8-17(9-11-20)26(34)30-22-13-16-6-7-18(22)12-16/h2-5,8-11,15-16,18,22H,6-7,12-14H2,1H3,(H,30,34)(H,28,29,31)/t16-,18-,22+/m0/s1. The van der Waals surface area contributed by atoms with E-state index in [-0.39, 0.29) is 18.2 Å². The summed E-state index contributed by atoms with van der Waals surface area (Å²) >= 11 is 0. The van der Waals surface area contributed by atoms with Crippen LogP contribution in [0.2, 0.25) is 0 Å². The van der Waals surface area contributed by atoms with Gasteiger partial charge in [-0.05, 0) is 61.4 Å². The van der Waals surface area contributed by atoms with Crippen LogP contribution in [0.3, 0.4) is 0 Å². The van der Waals surface area contributed by atoms with E-state index < -0.39 is 0 Å². The second-order valence-corrected chi connectivity index (χ2v) is 9.67. The van der Waals surface area contributed by atoms with Gasteiger partial charge in [-0.25, -0.2) is 9.97 Å². The minimum Gasteiger partial charge on any atom is -0.349 e. The van der Waals surface area contributed by atoms with Crippen molar-refractivity contribution in [3.05, 3.63) is 65.9 Å². The molecule has 2 bridgehead atoms. The first kappa shape index (κ1) is 20.8. The number of nitrogens with zero attached hydrogens (tertiary/aromatic N) is 3. The highest BCUT2D eigenvalue weighted by molar-refractivity contribution is 6.01. The van der Waals surface area contributed by atoms with E-state index in [0.717, 1.165) is 40.5 Å². The van der Waals surface area contributed by atoms with Crippen LogP contribution >= 0.6 is 0 Å². The maximum absolute atomic E-state index is 12.7. The fraction of sp³-hybridized carbons (Fsp3) is 0.333. The van der Waals surface area contributed by atoms with Crippen LogP contribution in [-0.2, 0) is 11.2 Å². The summed E-state index contributed by atoms with van der Waals surface area (Å²) in [5.41, 5.74) is 4.76. The van der Waals surface area contributed by atoms with E-state index in [0.29, 0.717) is 23.5 Å². The Morgan fingerprint density at radius 3 is 2.65 bits per heavy atom. The smallest absolute Gasteiger partial charge is 0.251 e. The van der Waals surface area contributed by atoms with Crippen molar-refractivity contribution in [2.24, 2.45) is 11.8 Å². The second kappa shape index (κ2) is 8.24. The Labute approximate surface area is 198 Å². The summed E-state index contributed by atoms with van der Waals surface area (Å²) < 4.78 is 0. The van der Waals surface area contributed by atoms with E-state index in [1.165, 1.54) is 19.3 Å². The molecule has 0 radical (unpaired) electrons. The number of fused-ring (bicyclic) bond motifs is 5. The van der Waals surface area contributed by atoms with Crippen LogP contribution in [0.4, 0.5) is 17.3 Å². The van der Waals surface area contributed by atoms with Gasteiger partial charge in [0.05, 0.1) is 17.8 Å². The number of carbonyl (C=O) groups is 2. The molecule has 0 spiro atoms. The number of rotatable bonds is 4. The predicted octanol–water partition coefficient (Wildman–Crippen LogP) is 4.32. The number of amides is 2. The molecule has 1 aromatic heterocycles. The summed E-state index contributed by atoms with van der Waals surface area (Å²) in [5.74, 6) is 1.91. The molecule has 2 aromatic carbocycles. The zero-order valence-electron chi connectivity index (χ0n) is 19.1. The predicted molar refractivity (Wildman–Crippen MR) is 131 cm³/mol. The molecule has 3 aromatic rings. The molecule has 7 heteroatoms. The van der Waals surface area contributed by atoms with Crippen molar-refractivity contribution in [3.63, 3.8) is 0 Å². The molecule has 2 amide bonds. The monoisotopic (exact) mass is 453 g/mol. The Kier molecular flexibility index (Phi) is 5.05. The molecule has 0 unspecified atom stereocenters. The Morgan fingerprint density at radius 2 is 1.88 bits per heavy atom. The summed E-state index contributed by atoms with van der Waals surface area (Å²) in [6.45, 7) is 0. The maximum Gasteiger partial charge on any atom is 0.251 e. The highest BCUT2D eigenvalue weighted by atomic mass is 16.2. The zero-order chi connectivity index (χ0) is 23.2. The van der Waals surface area contributed by atoms with Gasteiger partial charge in [0.2, 0.25) is 11.9 Å². The molecule has 172 valence electrons. The fourth-order valence-corrected chi connectivity index (χ4v) is 5.72. The highest BCUT2D eigenvalue weighted by Crippen LogP contribution is 2.44. The van der Waals surface area contributed by atoms with Crippen molar-refractivity contribution >= 4 is 29.1 Å². The van der Waals surface area contributed by atoms with Gasteiger partial charge in [0.15, 0.2) is 0 Å². The fourth-order valence-electron chi connectivity index (χ4n) is 5.72. The van der Waals surface area contributed by atoms with E-state index in [1.54, 1.807) is 18.1 Å². The molecule has 34 heavy (non-hydrogen) atoms.